The van der Waals surface area contributed by atoms with Gasteiger partial charge in [-0.05, 0) is 37.8 Å². The summed E-state index contributed by atoms with van der Waals surface area (Å²) in [5.74, 6) is 1.06. The first-order valence-corrected chi connectivity index (χ1v) is 9.11. The molecule has 1 N–H and O–H groups in total. The van der Waals surface area contributed by atoms with E-state index in [1.165, 1.54) is 18.9 Å². The van der Waals surface area contributed by atoms with Crippen molar-refractivity contribution < 1.29 is 9.72 Å². The molecule has 6 heteroatoms. The van der Waals surface area contributed by atoms with Gasteiger partial charge in [0.1, 0.15) is 0 Å². The third kappa shape index (κ3) is 5.53. The molecule has 6 nitrogen and oxygen atoms in total. The zero-order chi connectivity index (χ0) is 18.4. The van der Waals surface area contributed by atoms with E-state index in [-0.39, 0.29) is 18.0 Å². The minimum Gasteiger partial charge on any atom is -0.354 e. The maximum absolute atomic E-state index is 12.3. The molecule has 0 spiro atoms. The second-order valence-corrected chi connectivity index (χ2v) is 7.40. The molecular formula is C19H29N3O3. The summed E-state index contributed by atoms with van der Waals surface area (Å²) in [6.07, 6.45) is 2.44. The van der Waals surface area contributed by atoms with Crippen molar-refractivity contribution in [3.05, 3.63) is 39.9 Å². The number of benzene rings is 1. The first-order chi connectivity index (χ1) is 11.9. The van der Waals surface area contributed by atoms with Crippen molar-refractivity contribution in [3.63, 3.8) is 0 Å². The van der Waals surface area contributed by atoms with Crippen molar-refractivity contribution in [2.75, 3.05) is 19.6 Å². The number of carbonyl (C=O) groups excluding carboxylic acids is 1. The Morgan fingerprint density at radius 3 is 2.56 bits per heavy atom. The minimum atomic E-state index is -0.436. The van der Waals surface area contributed by atoms with Gasteiger partial charge in [-0.2, -0.15) is 0 Å². The molecule has 1 fully saturated rings. The van der Waals surface area contributed by atoms with Crippen LogP contribution in [0.1, 0.15) is 39.2 Å². The van der Waals surface area contributed by atoms with E-state index < -0.39 is 4.92 Å². The highest BCUT2D eigenvalue weighted by molar-refractivity contribution is 5.79. The van der Waals surface area contributed by atoms with Gasteiger partial charge in [0.15, 0.2) is 0 Å². The van der Waals surface area contributed by atoms with E-state index in [2.05, 4.69) is 31.0 Å². The van der Waals surface area contributed by atoms with E-state index in [9.17, 15) is 14.9 Å². The number of para-hydroxylation sites is 1. The molecule has 1 aliphatic rings. The summed E-state index contributed by atoms with van der Waals surface area (Å²) >= 11 is 0. The molecule has 1 heterocycles. The van der Waals surface area contributed by atoms with Crippen molar-refractivity contribution in [3.8, 4) is 0 Å². The number of nitrogens with one attached hydrogen (secondary N) is 1. The fourth-order valence-electron chi connectivity index (χ4n) is 3.44. The summed E-state index contributed by atoms with van der Waals surface area (Å²) in [6, 6.07) is 6.73. The molecule has 1 aromatic carbocycles. The highest BCUT2D eigenvalue weighted by atomic mass is 16.6. The highest BCUT2D eigenvalue weighted by Gasteiger charge is 2.26. The van der Waals surface area contributed by atoms with Crippen LogP contribution in [0.4, 0.5) is 5.69 Å². The van der Waals surface area contributed by atoms with Crippen molar-refractivity contribution in [1.82, 2.24) is 10.2 Å². The Morgan fingerprint density at radius 2 is 1.96 bits per heavy atom. The molecule has 0 bridgehead atoms. The van der Waals surface area contributed by atoms with Gasteiger partial charge < -0.3 is 5.32 Å². The summed E-state index contributed by atoms with van der Waals surface area (Å²) in [7, 11) is 0. The zero-order valence-corrected chi connectivity index (χ0v) is 15.4. The second-order valence-electron chi connectivity index (χ2n) is 7.40. The summed E-state index contributed by atoms with van der Waals surface area (Å²) < 4.78 is 0. The van der Waals surface area contributed by atoms with Crippen LogP contribution in [-0.2, 0) is 11.2 Å². The van der Waals surface area contributed by atoms with Crippen molar-refractivity contribution >= 4 is 11.6 Å². The number of hydrogen-bond donors (Lipinski definition) is 1. The van der Waals surface area contributed by atoms with Crippen LogP contribution in [-0.4, -0.2) is 41.4 Å². The number of hydrogen-bond acceptors (Lipinski definition) is 4. The topological polar surface area (TPSA) is 75.5 Å². The van der Waals surface area contributed by atoms with Crippen molar-refractivity contribution in [1.29, 1.82) is 0 Å². The van der Waals surface area contributed by atoms with Crippen LogP contribution in [0, 0.1) is 22.0 Å². The maximum atomic E-state index is 12.3. The lowest BCUT2D eigenvalue weighted by atomic mass is 9.94. The highest BCUT2D eigenvalue weighted by Crippen LogP contribution is 2.21. The number of carbonyl (C=O) groups is 1. The second kappa shape index (κ2) is 8.94. The molecule has 0 aromatic heterocycles. The lowest BCUT2D eigenvalue weighted by Crippen LogP contribution is -2.49. The van der Waals surface area contributed by atoms with Gasteiger partial charge in [-0.15, -0.1) is 0 Å². The molecule has 25 heavy (non-hydrogen) atoms. The number of nitrogens with zero attached hydrogens (tertiary/aromatic N) is 2. The quantitative estimate of drug-likeness (QED) is 0.608. The maximum Gasteiger partial charge on any atom is 0.273 e. The average molecular weight is 347 g/mol. The predicted molar refractivity (Wildman–Crippen MR) is 98.4 cm³/mol. The van der Waals surface area contributed by atoms with E-state index in [4.69, 9.17) is 0 Å². The summed E-state index contributed by atoms with van der Waals surface area (Å²) in [6.45, 7) is 9.38. The third-order valence-corrected chi connectivity index (χ3v) is 5.10. The van der Waals surface area contributed by atoms with Crippen LogP contribution in [0.15, 0.2) is 24.3 Å². The van der Waals surface area contributed by atoms with Crippen LogP contribution in [0.2, 0.25) is 0 Å². The fraction of sp³-hybridized carbons (Fsp3) is 0.632. The molecule has 0 radical (unpaired) electrons. The molecule has 1 unspecified atom stereocenters. The first-order valence-electron chi connectivity index (χ1n) is 9.11. The standard InChI is InChI=1S/C19H29N3O3/c1-14(2)18(21-10-8-15(3)9-11-21)13-20-19(23)12-16-6-4-5-7-17(16)22(24)25/h4-7,14-15,18H,8-13H2,1-3H3,(H,20,23). The Hall–Kier alpha value is -1.95. The Morgan fingerprint density at radius 1 is 1.32 bits per heavy atom. The molecule has 1 atom stereocenters. The molecule has 2 rings (SSSR count). The smallest absolute Gasteiger partial charge is 0.273 e. The number of piperidine rings is 1. The van der Waals surface area contributed by atoms with Gasteiger partial charge in [0.05, 0.1) is 11.3 Å². The predicted octanol–water partition coefficient (Wildman–Crippen LogP) is 3.01. The number of nitro groups is 1. The number of amides is 1. The van der Waals surface area contributed by atoms with Gasteiger partial charge in [-0.1, -0.05) is 39.0 Å². The molecular weight excluding hydrogens is 318 g/mol. The van der Waals surface area contributed by atoms with E-state index in [0.29, 0.717) is 24.1 Å². The lowest BCUT2D eigenvalue weighted by molar-refractivity contribution is -0.385. The van der Waals surface area contributed by atoms with E-state index in [0.717, 1.165) is 19.0 Å². The first kappa shape index (κ1) is 19.4. The Kier molecular flexibility index (Phi) is 6.93. The number of likely N-dealkylation sites (tertiary alicyclic amines) is 1. The van der Waals surface area contributed by atoms with Gasteiger partial charge in [0, 0.05) is 24.2 Å². The third-order valence-electron chi connectivity index (χ3n) is 5.10. The van der Waals surface area contributed by atoms with Gasteiger partial charge >= 0.3 is 0 Å². The molecule has 0 aliphatic carbocycles. The van der Waals surface area contributed by atoms with Crippen LogP contribution in [0.25, 0.3) is 0 Å². The summed E-state index contributed by atoms with van der Waals surface area (Å²) in [4.78, 5) is 25.4. The van der Waals surface area contributed by atoms with Crippen LogP contribution < -0.4 is 5.32 Å². The summed E-state index contributed by atoms with van der Waals surface area (Å²) in [5.41, 5.74) is 0.459. The molecule has 1 aliphatic heterocycles. The lowest BCUT2D eigenvalue weighted by Gasteiger charge is -2.38. The van der Waals surface area contributed by atoms with Gasteiger partial charge in [0.25, 0.3) is 5.69 Å². The Labute approximate surface area is 149 Å². The van der Waals surface area contributed by atoms with Crippen LogP contribution in [0.3, 0.4) is 0 Å². The molecule has 1 aromatic rings. The van der Waals surface area contributed by atoms with Crippen LogP contribution >= 0.6 is 0 Å². The van der Waals surface area contributed by atoms with Crippen molar-refractivity contribution in [2.45, 2.75) is 46.1 Å². The minimum absolute atomic E-state index is 0.00285. The monoisotopic (exact) mass is 347 g/mol. The van der Waals surface area contributed by atoms with E-state index in [1.807, 2.05) is 0 Å². The summed E-state index contributed by atoms with van der Waals surface area (Å²) in [5, 5.41) is 14.0. The fourth-order valence-corrected chi connectivity index (χ4v) is 3.44. The molecule has 1 amide bonds. The van der Waals surface area contributed by atoms with Crippen LogP contribution in [0.5, 0.6) is 0 Å². The molecule has 1 saturated heterocycles. The number of nitro benzene ring substituents is 1. The Bertz CT molecular complexity index is 595. The van der Waals surface area contributed by atoms with E-state index in [1.54, 1.807) is 18.2 Å². The SMILES string of the molecule is CC1CCN(C(CNC(=O)Cc2ccccc2[N+](=O)[O-])C(C)C)CC1. The van der Waals surface area contributed by atoms with Crippen molar-refractivity contribution in [2.24, 2.45) is 11.8 Å². The molecule has 0 saturated carbocycles. The largest absolute Gasteiger partial charge is 0.354 e. The van der Waals surface area contributed by atoms with E-state index >= 15 is 0 Å². The zero-order valence-electron chi connectivity index (χ0n) is 15.4. The Balaban J connectivity index is 1.92. The normalized spacial score (nSPS) is 17.4. The van der Waals surface area contributed by atoms with Gasteiger partial charge in [-0.25, -0.2) is 0 Å². The van der Waals surface area contributed by atoms with Gasteiger partial charge in [0.2, 0.25) is 5.91 Å². The number of rotatable bonds is 7. The van der Waals surface area contributed by atoms with Gasteiger partial charge in [-0.3, -0.25) is 19.8 Å². The average Bonchev–Trinajstić information content (AvgIpc) is 2.56. The molecule has 138 valence electrons.